The third-order valence-electron chi connectivity index (χ3n) is 4.51. The standard InChI is InChI=1S/C21H22N6O3S/c1-15(2)21-24-20(13-26(21)3)31(28,29)25-16-6-8-17(9-7-16)30-19-12-18(22-14-23-19)27-10-4-5-11-27/h4-15,25H,1-3H3. The zero-order chi connectivity index (χ0) is 22.0. The molecule has 0 aliphatic rings. The molecule has 0 aliphatic heterocycles. The van der Waals surface area contributed by atoms with Crippen LogP contribution in [0.4, 0.5) is 5.69 Å². The lowest BCUT2D eigenvalue weighted by molar-refractivity contribution is 0.461. The first kappa shape index (κ1) is 20.6. The fourth-order valence-corrected chi connectivity index (χ4v) is 4.11. The molecule has 31 heavy (non-hydrogen) atoms. The molecule has 0 bridgehead atoms. The first-order chi connectivity index (χ1) is 14.8. The van der Waals surface area contributed by atoms with Gasteiger partial charge in [-0.15, -0.1) is 0 Å². The Morgan fingerprint density at radius 2 is 1.77 bits per heavy atom. The number of aryl methyl sites for hydroxylation is 1. The van der Waals surface area contributed by atoms with Gasteiger partial charge in [0.1, 0.15) is 23.7 Å². The highest BCUT2D eigenvalue weighted by atomic mass is 32.2. The van der Waals surface area contributed by atoms with E-state index in [4.69, 9.17) is 4.74 Å². The van der Waals surface area contributed by atoms with E-state index in [1.807, 2.05) is 42.9 Å². The van der Waals surface area contributed by atoms with Gasteiger partial charge >= 0.3 is 0 Å². The number of hydrogen-bond acceptors (Lipinski definition) is 6. The lowest BCUT2D eigenvalue weighted by Gasteiger charge is -2.09. The molecule has 0 spiro atoms. The summed E-state index contributed by atoms with van der Waals surface area (Å²) in [5.74, 6) is 2.38. The number of imidazole rings is 1. The van der Waals surface area contributed by atoms with E-state index in [0.717, 1.165) is 0 Å². The topological polar surface area (TPSA) is 104 Å². The highest BCUT2D eigenvalue weighted by molar-refractivity contribution is 7.92. The zero-order valence-corrected chi connectivity index (χ0v) is 18.1. The van der Waals surface area contributed by atoms with Gasteiger partial charge < -0.3 is 13.9 Å². The maximum absolute atomic E-state index is 12.7. The molecule has 10 heteroatoms. The van der Waals surface area contributed by atoms with E-state index in [-0.39, 0.29) is 10.9 Å². The van der Waals surface area contributed by atoms with E-state index in [1.54, 1.807) is 41.9 Å². The fraction of sp³-hybridized carbons (Fsp3) is 0.190. The summed E-state index contributed by atoms with van der Waals surface area (Å²) in [5, 5.41) is -0.0162. The number of anilines is 1. The Labute approximate surface area is 180 Å². The lowest BCUT2D eigenvalue weighted by atomic mass is 10.2. The molecule has 0 fully saturated rings. The van der Waals surface area contributed by atoms with Crippen LogP contribution in [-0.2, 0) is 17.1 Å². The van der Waals surface area contributed by atoms with Crippen molar-refractivity contribution >= 4 is 15.7 Å². The first-order valence-electron chi connectivity index (χ1n) is 9.61. The van der Waals surface area contributed by atoms with Gasteiger partial charge in [-0.25, -0.2) is 15.0 Å². The summed E-state index contributed by atoms with van der Waals surface area (Å²) in [5.41, 5.74) is 0.403. The first-order valence-corrected chi connectivity index (χ1v) is 11.1. The lowest BCUT2D eigenvalue weighted by Crippen LogP contribution is -2.13. The Balaban J connectivity index is 1.47. The quantitative estimate of drug-likeness (QED) is 0.472. The number of nitrogens with one attached hydrogen (secondary N) is 1. The maximum atomic E-state index is 12.7. The van der Waals surface area contributed by atoms with Crippen molar-refractivity contribution in [1.82, 2.24) is 24.1 Å². The minimum Gasteiger partial charge on any atom is -0.439 e. The minimum absolute atomic E-state index is 0.0162. The van der Waals surface area contributed by atoms with Gasteiger partial charge in [0.15, 0.2) is 5.03 Å². The minimum atomic E-state index is -3.80. The van der Waals surface area contributed by atoms with Gasteiger partial charge in [-0.1, -0.05) is 13.8 Å². The number of sulfonamides is 1. The van der Waals surface area contributed by atoms with Crippen molar-refractivity contribution in [2.75, 3.05) is 4.72 Å². The molecule has 3 aromatic heterocycles. The van der Waals surface area contributed by atoms with Gasteiger partial charge in [-0.2, -0.15) is 8.42 Å². The molecule has 3 heterocycles. The molecule has 0 saturated carbocycles. The SMILES string of the molecule is CC(C)c1nc(S(=O)(=O)Nc2ccc(Oc3cc(-n4cccc4)ncn3)cc2)cn1C. The van der Waals surface area contributed by atoms with E-state index in [2.05, 4.69) is 19.7 Å². The van der Waals surface area contributed by atoms with Crippen molar-refractivity contribution < 1.29 is 13.2 Å². The van der Waals surface area contributed by atoms with Gasteiger partial charge in [0.05, 0.1) is 0 Å². The predicted molar refractivity (Wildman–Crippen MR) is 116 cm³/mol. The molecular weight excluding hydrogens is 416 g/mol. The number of nitrogens with zero attached hydrogens (tertiary/aromatic N) is 5. The average molecular weight is 439 g/mol. The molecule has 0 unspecified atom stereocenters. The Bertz CT molecular complexity index is 1280. The number of rotatable bonds is 7. The van der Waals surface area contributed by atoms with Crippen LogP contribution >= 0.6 is 0 Å². The average Bonchev–Trinajstić information content (AvgIpc) is 3.40. The van der Waals surface area contributed by atoms with Gasteiger partial charge in [0, 0.05) is 43.3 Å². The molecule has 0 radical (unpaired) electrons. The molecule has 1 N–H and O–H groups in total. The summed E-state index contributed by atoms with van der Waals surface area (Å²) in [6.07, 6.45) is 6.68. The number of ether oxygens (including phenoxy) is 1. The molecule has 4 rings (SSSR count). The largest absolute Gasteiger partial charge is 0.439 e. The van der Waals surface area contributed by atoms with Crippen LogP contribution in [0, 0.1) is 0 Å². The Morgan fingerprint density at radius 1 is 1.06 bits per heavy atom. The summed E-state index contributed by atoms with van der Waals surface area (Å²) >= 11 is 0. The third kappa shape index (κ3) is 4.58. The second kappa shape index (κ2) is 8.23. The van der Waals surface area contributed by atoms with Gasteiger partial charge in [-0.05, 0) is 36.4 Å². The van der Waals surface area contributed by atoms with Gasteiger partial charge in [0.25, 0.3) is 10.0 Å². The van der Waals surface area contributed by atoms with Crippen LogP contribution in [0.1, 0.15) is 25.6 Å². The highest BCUT2D eigenvalue weighted by Gasteiger charge is 2.20. The Morgan fingerprint density at radius 3 is 2.42 bits per heavy atom. The summed E-state index contributed by atoms with van der Waals surface area (Å²) in [6.45, 7) is 3.92. The van der Waals surface area contributed by atoms with Crippen LogP contribution in [0.3, 0.4) is 0 Å². The van der Waals surface area contributed by atoms with Crippen LogP contribution in [0.25, 0.3) is 5.82 Å². The maximum Gasteiger partial charge on any atom is 0.280 e. The second-order valence-corrected chi connectivity index (χ2v) is 8.87. The second-order valence-electron chi connectivity index (χ2n) is 7.24. The monoisotopic (exact) mass is 438 g/mol. The van der Waals surface area contributed by atoms with Crippen LogP contribution in [0.5, 0.6) is 11.6 Å². The van der Waals surface area contributed by atoms with Crippen LogP contribution in [0.2, 0.25) is 0 Å². The van der Waals surface area contributed by atoms with Gasteiger partial charge in [0.2, 0.25) is 5.88 Å². The molecule has 1 aromatic carbocycles. The predicted octanol–water partition coefficient (Wildman–Crippen LogP) is 3.72. The highest BCUT2D eigenvalue weighted by Crippen LogP contribution is 2.24. The number of hydrogen-bond donors (Lipinski definition) is 1. The molecule has 0 amide bonds. The zero-order valence-electron chi connectivity index (χ0n) is 17.3. The van der Waals surface area contributed by atoms with Crippen molar-refractivity contribution in [2.45, 2.75) is 24.8 Å². The summed E-state index contributed by atoms with van der Waals surface area (Å²) in [4.78, 5) is 12.6. The molecule has 4 aromatic rings. The molecule has 0 saturated heterocycles. The Hall–Kier alpha value is -3.66. The van der Waals surface area contributed by atoms with Crippen molar-refractivity contribution in [2.24, 2.45) is 7.05 Å². The number of aromatic nitrogens is 5. The smallest absolute Gasteiger partial charge is 0.280 e. The number of benzene rings is 1. The van der Waals surface area contributed by atoms with E-state index < -0.39 is 10.0 Å². The molecule has 0 atom stereocenters. The van der Waals surface area contributed by atoms with E-state index in [9.17, 15) is 8.42 Å². The summed E-state index contributed by atoms with van der Waals surface area (Å²) in [7, 11) is -2.02. The van der Waals surface area contributed by atoms with Crippen molar-refractivity contribution in [3.63, 3.8) is 0 Å². The normalized spacial score (nSPS) is 11.6. The third-order valence-corrected chi connectivity index (χ3v) is 5.76. The molecular formula is C21H22N6O3S. The fourth-order valence-electron chi connectivity index (χ4n) is 3.05. The van der Waals surface area contributed by atoms with Crippen LogP contribution in [0.15, 0.2) is 72.4 Å². The van der Waals surface area contributed by atoms with E-state index in [1.165, 1.54) is 12.5 Å². The van der Waals surface area contributed by atoms with Crippen molar-refractivity contribution in [1.29, 1.82) is 0 Å². The van der Waals surface area contributed by atoms with Crippen molar-refractivity contribution in [3.05, 3.63) is 73.2 Å². The van der Waals surface area contributed by atoms with Crippen LogP contribution in [-0.4, -0.2) is 32.5 Å². The summed E-state index contributed by atoms with van der Waals surface area (Å²) < 4.78 is 37.2. The van der Waals surface area contributed by atoms with E-state index >= 15 is 0 Å². The molecule has 0 aliphatic carbocycles. The molecule has 9 nitrogen and oxygen atoms in total. The van der Waals surface area contributed by atoms with Crippen molar-refractivity contribution in [3.8, 4) is 17.4 Å². The van der Waals surface area contributed by atoms with Gasteiger partial charge in [-0.3, -0.25) is 4.72 Å². The molecule has 160 valence electrons. The van der Waals surface area contributed by atoms with Crippen LogP contribution < -0.4 is 9.46 Å². The summed E-state index contributed by atoms with van der Waals surface area (Å²) in [6, 6.07) is 12.1. The van der Waals surface area contributed by atoms with E-state index in [0.29, 0.717) is 29.0 Å². The Kier molecular flexibility index (Phi) is 5.47.